The summed E-state index contributed by atoms with van der Waals surface area (Å²) in [6, 6.07) is 6.66. The van der Waals surface area contributed by atoms with Crippen LogP contribution in [-0.4, -0.2) is 29.0 Å². The third kappa shape index (κ3) is 1.65. The molecular formula is C12H15N3O. The molecule has 1 aliphatic heterocycles. The molecule has 3 rings (SSSR count). The number of aromatic amines is 1. The number of benzene rings is 1. The molecule has 0 spiro atoms. The van der Waals surface area contributed by atoms with E-state index in [4.69, 9.17) is 4.74 Å². The van der Waals surface area contributed by atoms with Gasteiger partial charge in [-0.25, -0.2) is 0 Å². The first-order valence-corrected chi connectivity index (χ1v) is 5.64. The number of hydrogen-bond donors (Lipinski definition) is 2. The number of anilines is 1. The molecular weight excluding hydrogens is 202 g/mol. The standard InChI is InChI=1S/C12H15N3O/c1-8-11(4-5-16-8)14-10-2-3-12-9(6-10)7-13-15-12/h2-3,6-8,11,14H,4-5H2,1H3,(H,13,15). The van der Waals surface area contributed by atoms with E-state index in [9.17, 15) is 0 Å². The Morgan fingerprint density at radius 3 is 3.25 bits per heavy atom. The van der Waals surface area contributed by atoms with Crippen LogP contribution in [0.4, 0.5) is 5.69 Å². The first kappa shape index (κ1) is 9.66. The number of aromatic nitrogens is 2. The molecule has 0 saturated carbocycles. The Bertz CT molecular complexity index is 494. The summed E-state index contributed by atoms with van der Waals surface area (Å²) in [6.45, 7) is 2.97. The van der Waals surface area contributed by atoms with E-state index in [0.29, 0.717) is 12.1 Å². The maximum Gasteiger partial charge on any atom is 0.0748 e. The molecule has 1 saturated heterocycles. The van der Waals surface area contributed by atoms with E-state index in [-0.39, 0.29) is 0 Å². The van der Waals surface area contributed by atoms with Crippen molar-refractivity contribution in [2.24, 2.45) is 0 Å². The monoisotopic (exact) mass is 217 g/mol. The fourth-order valence-corrected chi connectivity index (χ4v) is 2.17. The van der Waals surface area contributed by atoms with E-state index in [1.54, 1.807) is 0 Å². The molecule has 0 amide bonds. The lowest BCUT2D eigenvalue weighted by Gasteiger charge is -2.17. The van der Waals surface area contributed by atoms with Crippen LogP contribution in [0.5, 0.6) is 0 Å². The van der Waals surface area contributed by atoms with E-state index in [1.807, 2.05) is 12.3 Å². The van der Waals surface area contributed by atoms with Gasteiger partial charge in [-0.15, -0.1) is 0 Å². The van der Waals surface area contributed by atoms with Crippen LogP contribution in [0.15, 0.2) is 24.4 Å². The number of rotatable bonds is 2. The summed E-state index contributed by atoms with van der Waals surface area (Å²) in [5.74, 6) is 0. The molecule has 1 fully saturated rings. The van der Waals surface area contributed by atoms with Gasteiger partial charge in [-0.1, -0.05) is 0 Å². The lowest BCUT2D eigenvalue weighted by atomic mass is 10.1. The van der Waals surface area contributed by atoms with Crippen LogP contribution in [0.25, 0.3) is 10.9 Å². The fourth-order valence-electron chi connectivity index (χ4n) is 2.17. The molecule has 1 aromatic carbocycles. The van der Waals surface area contributed by atoms with E-state index in [2.05, 4.69) is 34.6 Å². The van der Waals surface area contributed by atoms with Crippen LogP contribution >= 0.6 is 0 Å². The molecule has 2 atom stereocenters. The Balaban J connectivity index is 1.83. The van der Waals surface area contributed by atoms with Crippen LogP contribution in [0.2, 0.25) is 0 Å². The van der Waals surface area contributed by atoms with Gasteiger partial charge in [-0.3, -0.25) is 5.10 Å². The minimum absolute atomic E-state index is 0.292. The summed E-state index contributed by atoms with van der Waals surface area (Å²) in [5, 5.41) is 11.6. The van der Waals surface area contributed by atoms with E-state index < -0.39 is 0 Å². The van der Waals surface area contributed by atoms with Gasteiger partial charge in [-0.2, -0.15) is 5.10 Å². The van der Waals surface area contributed by atoms with Crippen molar-refractivity contribution in [1.82, 2.24) is 10.2 Å². The Labute approximate surface area is 94.0 Å². The van der Waals surface area contributed by atoms with Crippen LogP contribution in [0, 0.1) is 0 Å². The first-order chi connectivity index (χ1) is 7.83. The molecule has 2 heterocycles. The molecule has 0 radical (unpaired) electrons. The van der Waals surface area contributed by atoms with E-state index in [1.165, 1.54) is 0 Å². The van der Waals surface area contributed by atoms with Gasteiger partial charge in [0.1, 0.15) is 0 Å². The number of hydrogen-bond acceptors (Lipinski definition) is 3. The second-order valence-corrected chi connectivity index (χ2v) is 4.29. The molecule has 0 aliphatic carbocycles. The third-order valence-corrected chi connectivity index (χ3v) is 3.17. The lowest BCUT2D eigenvalue weighted by Crippen LogP contribution is -2.26. The molecule has 4 heteroatoms. The van der Waals surface area contributed by atoms with Crippen LogP contribution in [0.1, 0.15) is 13.3 Å². The average molecular weight is 217 g/mol. The van der Waals surface area contributed by atoms with Gasteiger partial charge in [-0.05, 0) is 31.5 Å². The van der Waals surface area contributed by atoms with E-state index >= 15 is 0 Å². The van der Waals surface area contributed by atoms with Crippen molar-refractivity contribution in [3.8, 4) is 0 Å². The normalized spacial score (nSPS) is 25.1. The number of nitrogens with one attached hydrogen (secondary N) is 2. The average Bonchev–Trinajstić information content (AvgIpc) is 2.88. The molecule has 1 aliphatic rings. The number of nitrogens with zero attached hydrogens (tertiary/aromatic N) is 1. The first-order valence-electron chi connectivity index (χ1n) is 5.64. The molecule has 1 aromatic heterocycles. The van der Waals surface area contributed by atoms with Gasteiger partial charge in [0.15, 0.2) is 0 Å². The Hall–Kier alpha value is -1.55. The fraction of sp³-hybridized carbons (Fsp3) is 0.417. The SMILES string of the molecule is CC1OCCC1Nc1ccc2[nH]ncc2c1. The second-order valence-electron chi connectivity index (χ2n) is 4.29. The van der Waals surface area contributed by atoms with E-state index in [0.717, 1.165) is 29.6 Å². The van der Waals surface area contributed by atoms with Gasteiger partial charge < -0.3 is 10.1 Å². The van der Waals surface area contributed by atoms with Gasteiger partial charge in [0, 0.05) is 17.7 Å². The molecule has 2 N–H and O–H groups in total. The summed E-state index contributed by atoms with van der Waals surface area (Å²) in [6.07, 6.45) is 3.21. The smallest absolute Gasteiger partial charge is 0.0748 e. The lowest BCUT2D eigenvalue weighted by molar-refractivity contribution is 0.121. The Kier molecular flexibility index (Phi) is 2.29. The van der Waals surface area contributed by atoms with Gasteiger partial charge >= 0.3 is 0 Å². The van der Waals surface area contributed by atoms with Crippen LogP contribution in [0.3, 0.4) is 0 Å². The highest BCUT2D eigenvalue weighted by molar-refractivity contribution is 5.81. The quantitative estimate of drug-likeness (QED) is 0.810. The van der Waals surface area contributed by atoms with Gasteiger partial charge in [0.2, 0.25) is 0 Å². The molecule has 84 valence electrons. The molecule has 16 heavy (non-hydrogen) atoms. The number of ether oxygens (including phenoxy) is 1. The minimum Gasteiger partial charge on any atom is -0.380 e. The minimum atomic E-state index is 0.292. The zero-order chi connectivity index (χ0) is 11.0. The zero-order valence-corrected chi connectivity index (χ0v) is 9.23. The highest BCUT2D eigenvalue weighted by Gasteiger charge is 2.23. The summed E-state index contributed by atoms with van der Waals surface area (Å²) in [4.78, 5) is 0. The van der Waals surface area contributed by atoms with Crippen molar-refractivity contribution in [1.29, 1.82) is 0 Å². The molecule has 2 aromatic rings. The van der Waals surface area contributed by atoms with Crippen molar-refractivity contribution >= 4 is 16.6 Å². The predicted octanol–water partition coefficient (Wildman–Crippen LogP) is 2.15. The Morgan fingerprint density at radius 2 is 2.44 bits per heavy atom. The van der Waals surface area contributed by atoms with Crippen molar-refractivity contribution in [3.05, 3.63) is 24.4 Å². The summed E-state index contributed by atoms with van der Waals surface area (Å²) < 4.78 is 5.53. The third-order valence-electron chi connectivity index (χ3n) is 3.17. The van der Waals surface area contributed by atoms with Crippen molar-refractivity contribution in [2.45, 2.75) is 25.5 Å². The van der Waals surface area contributed by atoms with Crippen molar-refractivity contribution < 1.29 is 4.74 Å². The summed E-state index contributed by atoms with van der Waals surface area (Å²) >= 11 is 0. The molecule has 0 bridgehead atoms. The highest BCUT2D eigenvalue weighted by atomic mass is 16.5. The highest BCUT2D eigenvalue weighted by Crippen LogP contribution is 2.21. The topological polar surface area (TPSA) is 49.9 Å². The maximum absolute atomic E-state index is 5.53. The van der Waals surface area contributed by atoms with Crippen molar-refractivity contribution in [2.75, 3.05) is 11.9 Å². The largest absolute Gasteiger partial charge is 0.380 e. The Morgan fingerprint density at radius 1 is 1.50 bits per heavy atom. The van der Waals surface area contributed by atoms with Crippen LogP contribution in [-0.2, 0) is 4.74 Å². The number of H-pyrrole nitrogens is 1. The molecule has 2 unspecified atom stereocenters. The molecule has 4 nitrogen and oxygen atoms in total. The van der Waals surface area contributed by atoms with Gasteiger partial charge in [0.25, 0.3) is 0 Å². The van der Waals surface area contributed by atoms with Gasteiger partial charge in [0.05, 0.1) is 23.9 Å². The number of fused-ring (bicyclic) bond motifs is 1. The zero-order valence-electron chi connectivity index (χ0n) is 9.23. The maximum atomic E-state index is 5.53. The summed E-state index contributed by atoms with van der Waals surface area (Å²) in [7, 11) is 0. The summed E-state index contributed by atoms with van der Waals surface area (Å²) in [5.41, 5.74) is 2.21. The second kappa shape index (κ2) is 3.79. The predicted molar refractivity (Wildman–Crippen MR) is 63.5 cm³/mol. The van der Waals surface area contributed by atoms with Crippen LogP contribution < -0.4 is 5.32 Å². The van der Waals surface area contributed by atoms with Crippen molar-refractivity contribution in [3.63, 3.8) is 0 Å².